The van der Waals surface area contributed by atoms with Gasteiger partial charge in [-0.3, -0.25) is 4.79 Å². The number of carbonyl (C=O) groups excluding carboxylic acids is 1. The second-order valence-electron chi connectivity index (χ2n) is 4.78. The van der Waals surface area contributed by atoms with Crippen molar-refractivity contribution in [2.24, 2.45) is 0 Å². The zero-order chi connectivity index (χ0) is 14.7. The summed E-state index contributed by atoms with van der Waals surface area (Å²) in [6.45, 7) is 6.54. The van der Waals surface area contributed by atoms with Crippen LogP contribution in [0, 0.1) is 13.8 Å². The minimum Gasteiger partial charge on any atom is -0.494 e. The van der Waals surface area contributed by atoms with Crippen LogP contribution in [0.15, 0.2) is 40.9 Å². The number of halogens is 1. The topological polar surface area (TPSA) is 26.3 Å². The van der Waals surface area contributed by atoms with E-state index in [4.69, 9.17) is 4.74 Å². The molecule has 0 atom stereocenters. The average molecular weight is 333 g/mol. The number of ketones is 1. The third-order valence-corrected chi connectivity index (χ3v) is 3.64. The molecule has 2 aromatic rings. The quantitative estimate of drug-likeness (QED) is 0.759. The minimum absolute atomic E-state index is 0.0201. The Morgan fingerprint density at radius 2 is 1.75 bits per heavy atom. The van der Waals surface area contributed by atoms with Crippen LogP contribution in [-0.2, 0) is 0 Å². The lowest BCUT2D eigenvalue weighted by atomic mass is 9.99. The Hall–Kier alpha value is -1.61. The van der Waals surface area contributed by atoms with Gasteiger partial charge in [-0.2, -0.15) is 0 Å². The molecule has 2 rings (SSSR count). The molecule has 0 saturated heterocycles. The highest BCUT2D eigenvalue weighted by atomic mass is 79.9. The van der Waals surface area contributed by atoms with Crippen LogP contribution in [0.4, 0.5) is 0 Å². The van der Waals surface area contributed by atoms with E-state index in [0.29, 0.717) is 17.7 Å². The molecule has 3 heteroatoms. The average Bonchev–Trinajstić information content (AvgIpc) is 2.37. The van der Waals surface area contributed by atoms with E-state index < -0.39 is 0 Å². The molecule has 0 fully saturated rings. The molecule has 0 aliphatic rings. The molecule has 2 aromatic carbocycles. The lowest BCUT2D eigenvalue weighted by Gasteiger charge is -2.09. The van der Waals surface area contributed by atoms with Crippen LogP contribution in [0.2, 0.25) is 0 Å². The number of benzene rings is 2. The van der Waals surface area contributed by atoms with Crippen LogP contribution in [0.1, 0.15) is 34.0 Å². The number of hydrogen-bond acceptors (Lipinski definition) is 2. The highest BCUT2D eigenvalue weighted by Crippen LogP contribution is 2.26. The van der Waals surface area contributed by atoms with Gasteiger partial charge >= 0.3 is 0 Å². The monoisotopic (exact) mass is 332 g/mol. The van der Waals surface area contributed by atoms with Crippen molar-refractivity contribution in [2.75, 3.05) is 6.61 Å². The maximum Gasteiger partial charge on any atom is 0.194 e. The molecule has 0 unspecified atom stereocenters. The van der Waals surface area contributed by atoms with E-state index in [1.54, 1.807) is 6.07 Å². The maximum atomic E-state index is 12.6. The highest BCUT2D eigenvalue weighted by Gasteiger charge is 2.14. The van der Waals surface area contributed by atoms with E-state index in [-0.39, 0.29) is 5.78 Å². The summed E-state index contributed by atoms with van der Waals surface area (Å²) in [6, 6.07) is 11.3. The fourth-order valence-corrected chi connectivity index (χ4v) is 2.74. The molecule has 2 nitrogen and oxygen atoms in total. The molecule has 0 heterocycles. The molecule has 0 radical (unpaired) electrons. The van der Waals surface area contributed by atoms with Crippen LogP contribution < -0.4 is 4.74 Å². The Morgan fingerprint density at radius 3 is 2.30 bits per heavy atom. The van der Waals surface area contributed by atoms with Crippen molar-refractivity contribution >= 4 is 21.7 Å². The van der Waals surface area contributed by atoms with Crippen LogP contribution in [-0.4, -0.2) is 12.4 Å². The van der Waals surface area contributed by atoms with Crippen molar-refractivity contribution < 1.29 is 9.53 Å². The van der Waals surface area contributed by atoms with Gasteiger partial charge in [0.1, 0.15) is 5.75 Å². The highest BCUT2D eigenvalue weighted by molar-refractivity contribution is 9.10. The van der Waals surface area contributed by atoms with Crippen LogP contribution in [0.25, 0.3) is 0 Å². The van der Waals surface area contributed by atoms with Crippen molar-refractivity contribution in [1.82, 2.24) is 0 Å². The Bertz CT molecular complexity index is 627. The van der Waals surface area contributed by atoms with Gasteiger partial charge < -0.3 is 4.74 Å². The minimum atomic E-state index is 0.0201. The van der Waals surface area contributed by atoms with Gasteiger partial charge in [-0.05, 0) is 67.0 Å². The molecule has 0 saturated carbocycles. The summed E-state index contributed by atoms with van der Waals surface area (Å²) in [6.07, 6.45) is 0. The summed E-state index contributed by atoms with van der Waals surface area (Å²) < 4.78 is 6.18. The standard InChI is InChI=1S/C17H17BrO2/c1-4-20-14-5-6-15(16(18)10-14)17(19)13-8-11(2)7-12(3)9-13/h5-10H,4H2,1-3H3. The van der Waals surface area contributed by atoms with Crippen molar-refractivity contribution in [2.45, 2.75) is 20.8 Å². The van der Waals surface area contributed by atoms with Gasteiger partial charge in [-0.15, -0.1) is 0 Å². The summed E-state index contributed by atoms with van der Waals surface area (Å²) >= 11 is 3.45. The molecule has 0 N–H and O–H groups in total. The Kier molecular flexibility index (Phi) is 4.61. The van der Waals surface area contributed by atoms with Gasteiger partial charge in [0.2, 0.25) is 0 Å². The van der Waals surface area contributed by atoms with Crippen LogP contribution >= 0.6 is 15.9 Å². The van der Waals surface area contributed by atoms with Gasteiger partial charge in [0.25, 0.3) is 0 Å². The van der Waals surface area contributed by atoms with Gasteiger partial charge in [-0.25, -0.2) is 0 Å². The Morgan fingerprint density at radius 1 is 1.10 bits per heavy atom. The van der Waals surface area contributed by atoms with Gasteiger partial charge in [0, 0.05) is 15.6 Å². The molecule has 0 aliphatic heterocycles. The summed E-state index contributed by atoms with van der Waals surface area (Å²) in [5.41, 5.74) is 3.55. The predicted octanol–water partition coefficient (Wildman–Crippen LogP) is 4.70. The second-order valence-corrected chi connectivity index (χ2v) is 5.63. The Balaban J connectivity index is 2.38. The summed E-state index contributed by atoms with van der Waals surface area (Å²) in [4.78, 5) is 12.6. The molecule has 0 amide bonds. The largest absolute Gasteiger partial charge is 0.494 e. The second kappa shape index (κ2) is 6.23. The number of carbonyl (C=O) groups is 1. The molecule has 0 bridgehead atoms. The first kappa shape index (κ1) is 14.8. The van der Waals surface area contributed by atoms with Gasteiger partial charge in [0.05, 0.1) is 6.61 Å². The fourth-order valence-electron chi connectivity index (χ4n) is 2.20. The number of ether oxygens (including phenoxy) is 1. The van der Waals surface area contributed by atoms with Crippen molar-refractivity contribution in [3.8, 4) is 5.75 Å². The SMILES string of the molecule is CCOc1ccc(C(=O)c2cc(C)cc(C)c2)c(Br)c1. The lowest BCUT2D eigenvalue weighted by Crippen LogP contribution is -2.04. The third-order valence-electron chi connectivity index (χ3n) is 2.98. The van der Waals surface area contributed by atoms with E-state index in [9.17, 15) is 4.79 Å². The molecule has 104 valence electrons. The summed E-state index contributed by atoms with van der Waals surface area (Å²) in [5, 5.41) is 0. The van der Waals surface area contributed by atoms with E-state index >= 15 is 0 Å². The van der Waals surface area contributed by atoms with Crippen LogP contribution in [0.5, 0.6) is 5.75 Å². The van der Waals surface area contributed by atoms with E-state index in [2.05, 4.69) is 22.0 Å². The molecule has 0 spiro atoms. The van der Waals surface area contributed by atoms with E-state index in [0.717, 1.165) is 21.3 Å². The lowest BCUT2D eigenvalue weighted by molar-refractivity contribution is 0.103. The van der Waals surface area contributed by atoms with Gasteiger partial charge in [-0.1, -0.05) is 17.2 Å². The van der Waals surface area contributed by atoms with E-state index in [1.807, 2.05) is 45.0 Å². The Labute approximate surface area is 127 Å². The zero-order valence-corrected chi connectivity index (χ0v) is 13.5. The van der Waals surface area contributed by atoms with Crippen molar-refractivity contribution in [3.63, 3.8) is 0 Å². The summed E-state index contributed by atoms with van der Waals surface area (Å²) in [7, 11) is 0. The number of hydrogen-bond donors (Lipinski definition) is 0. The molecular weight excluding hydrogens is 316 g/mol. The van der Waals surface area contributed by atoms with E-state index in [1.165, 1.54) is 0 Å². The maximum absolute atomic E-state index is 12.6. The smallest absolute Gasteiger partial charge is 0.194 e. The van der Waals surface area contributed by atoms with Crippen molar-refractivity contribution in [1.29, 1.82) is 0 Å². The molecule has 0 aliphatic carbocycles. The normalized spacial score (nSPS) is 10.4. The number of rotatable bonds is 4. The molecule has 20 heavy (non-hydrogen) atoms. The first-order valence-corrected chi connectivity index (χ1v) is 7.36. The first-order chi connectivity index (χ1) is 9.51. The fraction of sp³-hybridized carbons (Fsp3) is 0.235. The third kappa shape index (κ3) is 3.28. The first-order valence-electron chi connectivity index (χ1n) is 6.56. The number of aryl methyl sites for hydroxylation is 2. The predicted molar refractivity (Wildman–Crippen MR) is 84.7 cm³/mol. The van der Waals surface area contributed by atoms with Crippen molar-refractivity contribution in [3.05, 3.63) is 63.1 Å². The van der Waals surface area contributed by atoms with Crippen LogP contribution in [0.3, 0.4) is 0 Å². The summed E-state index contributed by atoms with van der Waals surface area (Å²) in [5.74, 6) is 0.781. The molecular formula is C17H17BrO2. The zero-order valence-electron chi connectivity index (χ0n) is 11.9. The van der Waals surface area contributed by atoms with Gasteiger partial charge in [0.15, 0.2) is 5.78 Å². The molecule has 0 aromatic heterocycles.